The molecule has 16 heavy (non-hydrogen) atoms. The molecule has 1 saturated heterocycles. The van der Waals surface area contributed by atoms with Gasteiger partial charge < -0.3 is 10.0 Å². The van der Waals surface area contributed by atoms with Crippen LogP contribution in [0.15, 0.2) is 24.3 Å². The first-order valence-corrected chi connectivity index (χ1v) is 6.59. The second-order valence-electron chi connectivity index (χ2n) is 3.69. The van der Waals surface area contributed by atoms with E-state index in [-0.39, 0.29) is 11.7 Å². The molecule has 1 aromatic carbocycles. The molecule has 1 aliphatic rings. The van der Waals surface area contributed by atoms with E-state index in [2.05, 4.69) is 0 Å². The standard InChI is InChI=1S/C11H13NO3S/c13-10-3-1-2-9(8-10)11(14)12-4-6-16(15)7-5-12/h1-3,8,13H,4-7H2. The van der Waals surface area contributed by atoms with Gasteiger partial charge in [0.25, 0.3) is 5.91 Å². The number of phenols is 1. The summed E-state index contributed by atoms with van der Waals surface area (Å²) in [7, 11) is -0.781. The lowest BCUT2D eigenvalue weighted by Crippen LogP contribution is -2.41. The molecule has 1 N–H and O–H groups in total. The predicted octanol–water partition coefficient (Wildman–Crippen LogP) is 0.597. The highest BCUT2D eigenvalue weighted by Gasteiger charge is 2.21. The van der Waals surface area contributed by atoms with Crippen molar-refractivity contribution in [3.8, 4) is 5.75 Å². The van der Waals surface area contributed by atoms with Gasteiger partial charge in [0.15, 0.2) is 0 Å². The molecule has 86 valence electrons. The lowest BCUT2D eigenvalue weighted by atomic mass is 10.2. The van der Waals surface area contributed by atoms with Crippen molar-refractivity contribution in [2.45, 2.75) is 0 Å². The third-order valence-corrected chi connectivity index (χ3v) is 3.83. The highest BCUT2D eigenvalue weighted by Crippen LogP contribution is 2.14. The van der Waals surface area contributed by atoms with E-state index in [0.717, 1.165) is 0 Å². The largest absolute Gasteiger partial charge is 0.508 e. The second kappa shape index (κ2) is 4.65. The Morgan fingerprint density at radius 3 is 2.62 bits per heavy atom. The van der Waals surface area contributed by atoms with Gasteiger partial charge in [-0.05, 0) is 18.2 Å². The molecule has 1 heterocycles. The summed E-state index contributed by atoms with van der Waals surface area (Å²) in [4.78, 5) is 13.7. The fraction of sp³-hybridized carbons (Fsp3) is 0.364. The summed E-state index contributed by atoms with van der Waals surface area (Å²) in [5, 5.41) is 9.28. The lowest BCUT2D eigenvalue weighted by Gasteiger charge is -2.26. The van der Waals surface area contributed by atoms with Gasteiger partial charge in [-0.2, -0.15) is 0 Å². The Hall–Kier alpha value is -1.36. The van der Waals surface area contributed by atoms with Gasteiger partial charge in [-0.1, -0.05) is 6.07 Å². The van der Waals surface area contributed by atoms with E-state index in [9.17, 15) is 14.1 Å². The molecule has 0 aliphatic carbocycles. The SMILES string of the molecule is O=C(c1cccc(O)c1)N1CCS(=O)CC1. The number of hydrogen-bond donors (Lipinski definition) is 1. The third kappa shape index (κ3) is 2.41. The van der Waals surface area contributed by atoms with Gasteiger partial charge in [0.2, 0.25) is 0 Å². The summed E-state index contributed by atoms with van der Waals surface area (Å²) < 4.78 is 11.2. The Bertz CT molecular complexity index is 423. The Morgan fingerprint density at radius 2 is 2.00 bits per heavy atom. The van der Waals surface area contributed by atoms with E-state index in [1.807, 2.05) is 0 Å². The molecule has 0 atom stereocenters. The van der Waals surface area contributed by atoms with Crippen molar-refractivity contribution < 1.29 is 14.1 Å². The van der Waals surface area contributed by atoms with E-state index in [4.69, 9.17) is 0 Å². The Labute approximate surface area is 96.3 Å². The number of carbonyl (C=O) groups excluding carboxylic acids is 1. The summed E-state index contributed by atoms with van der Waals surface area (Å²) in [6.07, 6.45) is 0. The number of phenolic OH excluding ortho intramolecular Hbond substituents is 1. The molecule has 0 bridgehead atoms. The lowest BCUT2D eigenvalue weighted by molar-refractivity contribution is 0.0771. The number of nitrogens with zero attached hydrogens (tertiary/aromatic N) is 1. The first kappa shape index (κ1) is 11.1. The van der Waals surface area contributed by atoms with Gasteiger partial charge >= 0.3 is 0 Å². The second-order valence-corrected chi connectivity index (χ2v) is 5.39. The van der Waals surface area contributed by atoms with Crippen LogP contribution < -0.4 is 0 Å². The molecule has 1 aromatic rings. The molecule has 4 nitrogen and oxygen atoms in total. The number of hydrogen-bond acceptors (Lipinski definition) is 3. The molecule has 1 fully saturated rings. The van der Waals surface area contributed by atoms with Crippen LogP contribution >= 0.6 is 0 Å². The summed E-state index contributed by atoms with van der Waals surface area (Å²) in [5.74, 6) is 1.08. The number of rotatable bonds is 1. The number of amides is 1. The van der Waals surface area contributed by atoms with E-state index in [1.165, 1.54) is 12.1 Å². The van der Waals surface area contributed by atoms with Crippen molar-refractivity contribution in [2.75, 3.05) is 24.6 Å². The maximum Gasteiger partial charge on any atom is 0.254 e. The van der Waals surface area contributed by atoms with Crippen LogP contribution in [0.4, 0.5) is 0 Å². The fourth-order valence-electron chi connectivity index (χ4n) is 1.66. The van der Waals surface area contributed by atoms with Crippen LogP contribution in [0.1, 0.15) is 10.4 Å². The average molecular weight is 239 g/mol. The molecule has 0 unspecified atom stereocenters. The van der Waals surface area contributed by atoms with E-state index in [1.54, 1.807) is 17.0 Å². The van der Waals surface area contributed by atoms with Crippen molar-refractivity contribution in [3.05, 3.63) is 29.8 Å². The van der Waals surface area contributed by atoms with Gasteiger partial charge in [-0.25, -0.2) is 0 Å². The first-order valence-electron chi connectivity index (χ1n) is 5.10. The molecule has 2 rings (SSSR count). The minimum Gasteiger partial charge on any atom is -0.508 e. The van der Waals surface area contributed by atoms with Gasteiger partial charge in [-0.3, -0.25) is 9.00 Å². The highest BCUT2D eigenvalue weighted by atomic mass is 32.2. The summed E-state index contributed by atoms with van der Waals surface area (Å²) >= 11 is 0. The predicted molar refractivity (Wildman–Crippen MR) is 61.9 cm³/mol. The Morgan fingerprint density at radius 1 is 1.31 bits per heavy atom. The zero-order valence-corrected chi connectivity index (χ0v) is 9.57. The molecule has 1 aliphatic heterocycles. The van der Waals surface area contributed by atoms with E-state index in [0.29, 0.717) is 30.2 Å². The van der Waals surface area contributed by atoms with Crippen LogP contribution in [0.5, 0.6) is 5.75 Å². The zero-order valence-electron chi connectivity index (χ0n) is 8.76. The van der Waals surface area contributed by atoms with Crippen molar-refractivity contribution >= 4 is 16.7 Å². The smallest absolute Gasteiger partial charge is 0.254 e. The quantitative estimate of drug-likeness (QED) is 0.780. The molecule has 0 aromatic heterocycles. The van der Waals surface area contributed by atoms with Crippen molar-refractivity contribution in [3.63, 3.8) is 0 Å². The van der Waals surface area contributed by atoms with Gasteiger partial charge in [-0.15, -0.1) is 0 Å². The van der Waals surface area contributed by atoms with Gasteiger partial charge in [0.1, 0.15) is 5.75 Å². The van der Waals surface area contributed by atoms with Crippen LogP contribution in [-0.2, 0) is 10.8 Å². The zero-order chi connectivity index (χ0) is 11.5. The van der Waals surface area contributed by atoms with Crippen LogP contribution in [-0.4, -0.2) is 44.7 Å². The monoisotopic (exact) mass is 239 g/mol. The van der Waals surface area contributed by atoms with E-state index >= 15 is 0 Å². The van der Waals surface area contributed by atoms with Gasteiger partial charge in [0, 0.05) is 41.0 Å². The minimum atomic E-state index is -0.781. The molecule has 0 spiro atoms. The van der Waals surface area contributed by atoms with Crippen LogP contribution in [0.2, 0.25) is 0 Å². The number of carbonyl (C=O) groups is 1. The molecular formula is C11H13NO3S. The minimum absolute atomic E-state index is 0.0893. The van der Waals surface area contributed by atoms with E-state index < -0.39 is 10.8 Å². The Balaban J connectivity index is 2.10. The Kier molecular flexibility index (Phi) is 3.24. The maximum absolute atomic E-state index is 12.0. The summed E-state index contributed by atoms with van der Waals surface area (Å²) in [5.41, 5.74) is 0.479. The number of benzene rings is 1. The summed E-state index contributed by atoms with van der Waals surface area (Å²) in [6, 6.07) is 6.30. The first-order chi connectivity index (χ1) is 7.66. The molecule has 0 radical (unpaired) electrons. The van der Waals surface area contributed by atoms with Crippen LogP contribution in [0, 0.1) is 0 Å². The molecule has 5 heteroatoms. The van der Waals surface area contributed by atoms with Crippen molar-refractivity contribution in [1.82, 2.24) is 4.90 Å². The molecule has 0 saturated carbocycles. The molecule has 1 amide bonds. The average Bonchev–Trinajstić information content (AvgIpc) is 2.29. The van der Waals surface area contributed by atoms with Gasteiger partial charge in [0.05, 0.1) is 0 Å². The fourth-order valence-corrected chi connectivity index (χ4v) is 2.71. The topological polar surface area (TPSA) is 57.6 Å². The normalized spacial score (nSPS) is 17.4. The van der Waals surface area contributed by atoms with Crippen molar-refractivity contribution in [1.29, 1.82) is 0 Å². The highest BCUT2D eigenvalue weighted by molar-refractivity contribution is 7.85. The number of aromatic hydroxyl groups is 1. The van der Waals surface area contributed by atoms with Crippen LogP contribution in [0.3, 0.4) is 0 Å². The summed E-state index contributed by atoms with van der Waals surface area (Å²) in [6.45, 7) is 1.06. The van der Waals surface area contributed by atoms with Crippen molar-refractivity contribution in [2.24, 2.45) is 0 Å². The molecular weight excluding hydrogens is 226 g/mol. The third-order valence-electron chi connectivity index (χ3n) is 2.56. The maximum atomic E-state index is 12.0. The van der Waals surface area contributed by atoms with Crippen LogP contribution in [0.25, 0.3) is 0 Å².